The van der Waals surface area contributed by atoms with Gasteiger partial charge in [-0.05, 0) is 30.5 Å². The lowest BCUT2D eigenvalue weighted by atomic mass is 9.67. The van der Waals surface area contributed by atoms with E-state index in [-0.39, 0.29) is 12.2 Å². The SMILES string of the molecule is N#CCC1(c2ccc3nc[nH]c3c2)CCCCC1=O. The Bertz CT molecular complexity index is 667. The molecule has 19 heavy (non-hydrogen) atoms. The van der Waals surface area contributed by atoms with Crippen molar-refractivity contribution in [3.63, 3.8) is 0 Å². The molecule has 1 heterocycles. The molecule has 0 saturated heterocycles. The minimum Gasteiger partial charge on any atom is -0.345 e. The molecule has 1 N–H and O–H groups in total. The Morgan fingerprint density at radius 2 is 2.32 bits per heavy atom. The lowest BCUT2D eigenvalue weighted by Gasteiger charge is -2.34. The average Bonchev–Trinajstić information content (AvgIpc) is 2.89. The molecule has 4 heteroatoms. The van der Waals surface area contributed by atoms with Gasteiger partial charge < -0.3 is 4.98 Å². The fourth-order valence-electron chi connectivity index (χ4n) is 3.05. The Balaban J connectivity index is 2.13. The lowest BCUT2D eigenvalue weighted by molar-refractivity contribution is -0.126. The molecule has 1 unspecified atom stereocenters. The Labute approximate surface area is 111 Å². The molecular formula is C15H15N3O. The van der Waals surface area contributed by atoms with E-state index in [1.165, 1.54) is 0 Å². The normalized spacial score (nSPS) is 23.4. The number of carbonyl (C=O) groups excluding carboxylic acids is 1. The molecule has 96 valence electrons. The van der Waals surface area contributed by atoms with Crippen molar-refractivity contribution in [2.45, 2.75) is 37.5 Å². The van der Waals surface area contributed by atoms with Crippen LogP contribution in [0.25, 0.3) is 11.0 Å². The second-order valence-electron chi connectivity index (χ2n) is 5.18. The number of hydrogen-bond donors (Lipinski definition) is 1. The monoisotopic (exact) mass is 253 g/mol. The minimum absolute atomic E-state index is 0.208. The summed E-state index contributed by atoms with van der Waals surface area (Å²) in [5.74, 6) is 0.208. The molecule has 3 rings (SSSR count). The number of rotatable bonds is 2. The van der Waals surface area contributed by atoms with Crippen LogP contribution in [0.5, 0.6) is 0 Å². The highest BCUT2D eigenvalue weighted by Crippen LogP contribution is 2.40. The van der Waals surface area contributed by atoms with Gasteiger partial charge in [0.05, 0.1) is 35.3 Å². The van der Waals surface area contributed by atoms with E-state index < -0.39 is 5.41 Å². The molecule has 2 aromatic rings. The number of hydrogen-bond acceptors (Lipinski definition) is 3. The predicted octanol–water partition coefficient (Wildman–Crippen LogP) is 2.86. The number of Topliss-reactive ketones (excluding diaryl/α,β-unsaturated/α-hetero) is 1. The van der Waals surface area contributed by atoms with Crippen LogP contribution in [0.15, 0.2) is 24.5 Å². The van der Waals surface area contributed by atoms with Crippen molar-refractivity contribution in [3.8, 4) is 6.07 Å². The molecule has 1 saturated carbocycles. The Hall–Kier alpha value is -2.15. The maximum Gasteiger partial charge on any atom is 0.144 e. The zero-order valence-electron chi connectivity index (χ0n) is 10.6. The number of H-pyrrole nitrogens is 1. The summed E-state index contributed by atoms with van der Waals surface area (Å²) in [6.07, 6.45) is 5.23. The van der Waals surface area contributed by atoms with E-state index in [2.05, 4.69) is 16.0 Å². The smallest absolute Gasteiger partial charge is 0.144 e. The van der Waals surface area contributed by atoms with E-state index in [4.69, 9.17) is 5.26 Å². The summed E-state index contributed by atoms with van der Waals surface area (Å²) in [7, 11) is 0. The first-order valence-electron chi connectivity index (χ1n) is 6.60. The number of fused-ring (bicyclic) bond motifs is 1. The van der Waals surface area contributed by atoms with Crippen LogP contribution in [-0.4, -0.2) is 15.8 Å². The van der Waals surface area contributed by atoms with Gasteiger partial charge in [0.2, 0.25) is 0 Å². The summed E-state index contributed by atoms with van der Waals surface area (Å²) < 4.78 is 0. The Kier molecular flexibility index (Phi) is 2.83. The van der Waals surface area contributed by atoms with Crippen molar-refractivity contribution in [2.24, 2.45) is 0 Å². The summed E-state index contributed by atoms with van der Waals surface area (Å²) >= 11 is 0. The summed E-state index contributed by atoms with van der Waals surface area (Å²) in [4.78, 5) is 19.7. The van der Waals surface area contributed by atoms with Crippen LogP contribution in [0.2, 0.25) is 0 Å². The zero-order valence-corrected chi connectivity index (χ0v) is 10.6. The van der Waals surface area contributed by atoms with Gasteiger partial charge in [0, 0.05) is 6.42 Å². The van der Waals surface area contributed by atoms with Crippen LogP contribution >= 0.6 is 0 Å². The third kappa shape index (κ3) is 1.82. The van der Waals surface area contributed by atoms with E-state index in [1.54, 1.807) is 6.33 Å². The number of nitriles is 1. The fourth-order valence-corrected chi connectivity index (χ4v) is 3.05. The van der Waals surface area contributed by atoms with Gasteiger partial charge in [-0.1, -0.05) is 12.5 Å². The van der Waals surface area contributed by atoms with Crippen LogP contribution in [0, 0.1) is 11.3 Å². The first-order valence-corrected chi connectivity index (χ1v) is 6.60. The van der Waals surface area contributed by atoms with Gasteiger partial charge in [0.1, 0.15) is 5.78 Å². The fraction of sp³-hybridized carbons (Fsp3) is 0.400. The molecule has 0 spiro atoms. The largest absolute Gasteiger partial charge is 0.345 e. The Morgan fingerprint density at radius 1 is 1.42 bits per heavy atom. The van der Waals surface area contributed by atoms with Crippen LogP contribution in [0.1, 0.15) is 37.7 Å². The van der Waals surface area contributed by atoms with Gasteiger partial charge in [0.25, 0.3) is 0 Å². The molecule has 1 aromatic carbocycles. The van der Waals surface area contributed by atoms with Crippen molar-refractivity contribution >= 4 is 16.8 Å². The molecule has 1 aliphatic rings. The number of carbonyl (C=O) groups is 1. The van der Waals surface area contributed by atoms with Crippen LogP contribution < -0.4 is 0 Å². The highest BCUT2D eigenvalue weighted by atomic mass is 16.1. The number of benzene rings is 1. The molecule has 0 amide bonds. The topological polar surface area (TPSA) is 69.5 Å². The average molecular weight is 253 g/mol. The van der Waals surface area contributed by atoms with Gasteiger partial charge in [-0.2, -0.15) is 5.26 Å². The summed E-state index contributed by atoms with van der Waals surface area (Å²) in [6.45, 7) is 0. The highest BCUT2D eigenvalue weighted by Gasteiger charge is 2.41. The van der Waals surface area contributed by atoms with Crippen molar-refractivity contribution in [1.82, 2.24) is 9.97 Å². The first kappa shape index (κ1) is 11.9. The van der Waals surface area contributed by atoms with Crippen LogP contribution in [0.3, 0.4) is 0 Å². The lowest BCUT2D eigenvalue weighted by Crippen LogP contribution is -2.38. The maximum atomic E-state index is 12.4. The maximum absolute atomic E-state index is 12.4. The van der Waals surface area contributed by atoms with Crippen molar-refractivity contribution in [3.05, 3.63) is 30.1 Å². The summed E-state index contributed by atoms with van der Waals surface area (Å²) in [6, 6.07) is 8.04. The molecule has 1 aliphatic carbocycles. The standard InChI is InChI=1S/C15H15N3O/c16-8-7-15(6-2-1-3-14(15)19)11-4-5-12-13(9-11)18-10-17-12/h4-5,9-10H,1-3,6-7H2,(H,17,18). The molecular weight excluding hydrogens is 238 g/mol. The quantitative estimate of drug-likeness (QED) is 0.894. The van der Waals surface area contributed by atoms with E-state index in [0.29, 0.717) is 6.42 Å². The minimum atomic E-state index is -0.605. The van der Waals surface area contributed by atoms with Gasteiger partial charge >= 0.3 is 0 Å². The van der Waals surface area contributed by atoms with Crippen LogP contribution in [-0.2, 0) is 10.2 Å². The number of nitrogens with zero attached hydrogens (tertiary/aromatic N) is 2. The first-order chi connectivity index (χ1) is 9.26. The van der Waals surface area contributed by atoms with Gasteiger partial charge in [-0.3, -0.25) is 4.79 Å². The van der Waals surface area contributed by atoms with Gasteiger partial charge in [-0.25, -0.2) is 4.98 Å². The number of ketones is 1. The zero-order chi connectivity index (χ0) is 13.3. The summed E-state index contributed by atoms with van der Waals surface area (Å²) in [5, 5.41) is 9.11. The van der Waals surface area contributed by atoms with Crippen molar-refractivity contribution in [2.75, 3.05) is 0 Å². The number of imidazole rings is 1. The van der Waals surface area contributed by atoms with Crippen LogP contribution in [0.4, 0.5) is 0 Å². The molecule has 1 atom stereocenters. The van der Waals surface area contributed by atoms with Gasteiger partial charge in [0.15, 0.2) is 0 Å². The molecule has 0 bridgehead atoms. The predicted molar refractivity (Wildman–Crippen MR) is 71.5 cm³/mol. The molecule has 0 aliphatic heterocycles. The second kappa shape index (κ2) is 4.51. The molecule has 4 nitrogen and oxygen atoms in total. The second-order valence-corrected chi connectivity index (χ2v) is 5.18. The van der Waals surface area contributed by atoms with E-state index in [1.807, 2.05) is 18.2 Å². The van der Waals surface area contributed by atoms with E-state index >= 15 is 0 Å². The van der Waals surface area contributed by atoms with E-state index in [0.717, 1.165) is 35.9 Å². The van der Waals surface area contributed by atoms with E-state index in [9.17, 15) is 4.79 Å². The molecule has 0 radical (unpaired) electrons. The third-order valence-corrected chi connectivity index (χ3v) is 4.14. The van der Waals surface area contributed by atoms with Crippen molar-refractivity contribution in [1.29, 1.82) is 5.26 Å². The number of aromatic amines is 1. The highest BCUT2D eigenvalue weighted by molar-refractivity contribution is 5.92. The number of nitrogens with one attached hydrogen (secondary N) is 1. The molecule has 1 aromatic heterocycles. The van der Waals surface area contributed by atoms with Gasteiger partial charge in [-0.15, -0.1) is 0 Å². The van der Waals surface area contributed by atoms with Crippen molar-refractivity contribution < 1.29 is 4.79 Å². The third-order valence-electron chi connectivity index (χ3n) is 4.14. The summed E-state index contributed by atoms with van der Waals surface area (Å²) in [5.41, 5.74) is 2.16. The Morgan fingerprint density at radius 3 is 3.11 bits per heavy atom. The molecule has 1 fully saturated rings. The number of aromatic nitrogens is 2.